The van der Waals surface area contributed by atoms with Crippen molar-refractivity contribution in [3.8, 4) is 0 Å². The lowest BCUT2D eigenvalue weighted by Gasteiger charge is -2.24. The van der Waals surface area contributed by atoms with Gasteiger partial charge in [0.15, 0.2) is 0 Å². The second-order valence-corrected chi connectivity index (χ2v) is 5.07. The first-order valence-electron chi connectivity index (χ1n) is 7.41. The third kappa shape index (κ3) is 3.95. The highest BCUT2D eigenvalue weighted by atomic mass is 16.2. The van der Waals surface area contributed by atoms with Crippen LogP contribution < -0.4 is 5.43 Å². The Kier molecular flexibility index (Phi) is 4.64. The van der Waals surface area contributed by atoms with Crippen LogP contribution >= 0.6 is 0 Å². The van der Waals surface area contributed by atoms with Gasteiger partial charge in [0, 0.05) is 6.20 Å². The maximum atomic E-state index is 12.8. The molecule has 3 rings (SSSR count). The molecule has 0 aliphatic heterocycles. The van der Waals surface area contributed by atoms with E-state index in [0.717, 1.165) is 11.3 Å². The first-order valence-corrected chi connectivity index (χ1v) is 7.41. The molecule has 0 radical (unpaired) electrons. The van der Waals surface area contributed by atoms with E-state index in [0.29, 0.717) is 12.2 Å². The maximum absolute atomic E-state index is 12.8. The number of amides is 1. The van der Waals surface area contributed by atoms with Crippen molar-refractivity contribution in [2.24, 2.45) is 0 Å². The zero-order valence-corrected chi connectivity index (χ0v) is 12.6. The fraction of sp³-hybridized carbons (Fsp3) is 0.0526. The van der Waals surface area contributed by atoms with Crippen LogP contribution in [0.2, 0.25) is 0 Å². The number of anilines is 1. The SMILES string of the molecule is O=C(c1ccccn1)N(Cc1ccccc1)Nc1ccccc1. The molecule has 0 aliphatic carbocycles. The first-order chi connectivity index (χ1) is 11.3. The Hall–Kier alpha value is -3.14. The monoisotopic (exact) mass is 303 g/mol. The zero-order chi connectivity index (χ0) is 15.9. The van der Waals surface area contributed by atoms with Crippen LogP contribution in [0.25, 0.3) is 0 Å². The van der Waals surface area contributed by atoms with Gasteiger partial charge in [-0.25, -0.2) is 5.01 Å². The lowest BCUT2D eigenvalue weighted by atomic mass is 10.2. The van der Waals surface area contributed by atoms with E-state index in [-0.39, 0.29) is 5.91 Å². The molecule has 0 fully saturated rings. The van der Waals surface area contributed by atoms with E-state index in [9.17, 15) is 4.79 Å². The van der Waals surface area contributed by atoms with E-state index in [4.69, 9.17) is 0 Å². The number of hydrazine groups is 1. The molecule has 2 aromatic carbocycles. The third-order valence-electron chi connectivity index (χ3n) is 3.35. The highest BCUT2D eigenvalue weighted by molar-refractivity contribution is 5.93. The van der Waals surface area contributed by atoms with Crippen LogP contribution in [0.5, 0.6) is 0 Å². The van der Waals surface area contributed by atoms with Crippen LogP contribution in [0.15, 0.2) is 85.1 Å². The Morgan fingerprint density at radius 1 is 0.870 bits per heavy atom. The Morgan fingerprint density at radius 3 is 2.17 bits per heavy atom. The summed E-state index contributed by atoms with van der Waals surface area (Å²) in [4.78, 5) is 16.9. The summed E-state index contributed by atoms with van der Waals surface area (Å²) in [5.74, 6) is -0.168. The van der Waals surface area contributed by atoms with Gasteiger partial charge in [0.05, 0.1) is 12.2 Å². The average molecular weight is 303 g/mol. The number of para-hydroxylation sites is 1. The summed E-state index contributed by atoms with van der Waals surface area (Å²) in [5.41, 5.74) is 5.47. The summed E-state index contributed by atoms with van der Waals surface area (Å²) < 4.78 is 0. The van der Waals surface area contributed by atoms with Gasteiger partial charge in [0.1, 0.15) is 5.69 Å². The molecule has 0 aliphatic rings. The second kappa shape index (κ2) is 7.22. The summed E-state index contributed by atoms with van der Waals surface area (Å²) in [6, 6.07) is 24.8. The van der Waals surface area contributed by atoms with Crippen molar-refractivity contribution in [3.05, 3.63) is 96.3 Å². The largest absolute Gasteiger partial charge is 0.295 e. The van der Waals surface area contributed by atoms with E-state index in [1.165, 1.54) is 0 Å². The zero-order valence-electron chi connectivity index (χ0n) is 12.6. The second-order valence-electron chi connectivity index (χ2n) is 5.07. The summed E-state index contributed by atoms with van der Waals surface area (Å²) in [5, 5.41) is 1.58. The maximum Gasteiger partial charge on any atom is 0.291 e. The van der Waals surface area contributed by atoms with Gasteiger partial charge in [-0.3, -0.25) is 15.2 Å². The quantitative estimate of drug-likeness (QED) is 0.730. The Bertz CT molecular complexity index is 704. The van der Waals surface area contributed by atoms with E-state index in [2.05, 4.69) is 10.4 Å². The van der Waals surface area contributed by atoms with Crippen molar-refractivity contribution in [1.82, 2.24) is 9.99 Å². The van der Waals surface area contributed by atoms with Crippen molar-refractivity contribution in [1.29, 1.82) is 0 Å². The number of aromatic nitrogens is 1. The Morgan fingerprint density at radius 2 is 1.52 bits per heavy atom. The molecule has 23 heavy (non-hydrogen) atoms. The molecular weight excluding hydrogens is 286 g/mol. The van der Waals surface area contributed by atoms with Crippen molar-refractivity contribution in [2.75, 3.05) is 5.43 Å². The number of rotatable bonds is 5. The van der Waals surface area contributed by atoms with Crippen molar-refractivity contribution < 1.29 is 4.79 Å². The summed E-state index contributed by atoms with van der Waals surface area (Å²) in [7, 11) is 0. The molecule has 0 saturated heterocycles. The number of carbonyl (C=O) groups excluding carboxylic acids is 1. The third-order valence-corrected chi connectivity index (χ3v) is 3.35. The van der Waals surface area contributed by atoms with Gasteiger partial charge < -0.3 is 0 Å². The highest BCUT2D eigenvalue weighted by Gasteiger charge is 2.17. The fourth-order valence-corrected chi connectivity index (χ4v) is 2.22. The number of benzene rings is 2. The number of pyridine rings is 1. The topological polar surface area (TPSA) is 45.2 Å². The van der Waals surface area contributed by atoms with Gasteiger partial charge in [-0.15, -0.1) is 0 Å². The Labute approximate surface area is 135 Å². The molecule has 114 valence electrons. The first kappa shape index (κ1) is 14.8. The van der Waals surface area contributed by atoms with Gasteiger partial charge in [-0.05, 0) is 29.8 Å². The minimum Gasteiger partial charge on any atom is -0.295 e. The molecule has 0 atom stereocenters. The predicted octanol–water partition coefficient (Wildman–Crippen LogP) is 3.75. The lowest BCUT2D eigenvalue weighted by Crippen LogP contribution is -2.36. The van der Waals surface area contributed by atoms with Gasteiger partial charge in [-0.1, -0.05) is 54.6 Å². The molecule has 1 amide bonds. The van der Waals surface area contributed by atoms with Gasteiger partial charge >= 0.3 is 0 Å². The number of nitrogens with one attached hydrogen (secondary N) is 1. The molecule has 0 bridgehead atoms. The minimum absolute atomic E-state index is 0.168. The van der Waals surface area contributed by atoms with Crippen LogP contribution in [-0.2, 0) is 6.54 Å². The summed E-state index contributed by atoms with van der Waals surface area (Å²) in [6.07, 6.45) is 1.62. The standard InChI is InChI=1S/C19H17N3O/c23-19(18-13-7-8-14-20-18)22(15-16-9-3-1-4-10-16)21-17-11-5-2-6-12-17/h1-14,21H,15H2. The van der Waals surface area contributed by atoms with Crippen LogP contribution in [-0.4, -0.2) is 15.9 Å². The number of hydrogen-bond acceptors (Lipinski definition) is 3. The van der Waals surface area contributed by atoms with Gasteiger partial charge in [0.2, 0.25) is 0 Å². The normalized spacial score (nSPS) is 10.1. The van der Waals surface area contributed by atoms with E-state index >= 15 is 0 Å². The fourth-order valence-electron chi connectivity index (χ4n) is 2.22. The molecule has 4 nitrogen and oxygen atoms in total. The lowest BCUT2D eigenvalue weighted by molar-refractivity contribution is 0.0777. The number of nitrogens with zero attached hydrogens (tertiary/aromatic N) is 2. The molecule has 1 heterocycles. The van der Waals surface area contributed by atoms with E-state index < -0.39 is 0 Å². The van der Waals surface area contributed by atoms with Crippen molar-refractivity contribution >= 4 is 11.6 Å². The number of hydrogen-bond donors (Lipinski definition) is 1. The van der Waals surface area contributed by atoms with Crippen LogP contribution in [0.3, 0.4) is 0 Å². The molecule has 1 aromatic heterocycles. The van der Waals surface area contributed by atoms with Crippen LogP contribution in [0.4, 0.5) is 5.69 Å². The summed E-state index contributed by atoms with van der Waals surface area (Å²) in [6.45, 7) is 0.450. The van der Waals surface area contributed by atoms with Crippen molar-refractivity contribution in [2.45, 2.75) is 6.54 Å². The van der Waals surface area contributed by atoms with E-state index in [1.807, 2.05) is 66.7 Å². The Balaban J connectivity index is 1.85. The summed E-state index contributed by atoms with van der Waals surface area (Å²) >= 11 is 0. The molecule has 0 saturated carbocycles. The predicted molar refractivity (Wildman–Crippen MR) is 90.6 cm³/mol. The molecular formula is C19H17N3O. The molecule has 4 heteroatoms. The smallest absolute Gasteiger partial charge is 0.291 e. The molecule has 0 spiro atoms. The number of carbonyl (C=O) groups is 1. The van der Waals surface area contributed by atoms with Crippen LogP contribution in [0, 0.1) is 0 Å². The molecule has 3 aromatic rings. The highest BCUT2D eigenvalue weighted by Crippen LogP contribution is 2.13. The van der Waals surface area contributed by atoms with Crippen LogP contribution in [0.1, 0.15) is 16.1 Å². The van der Waals surface area contributed by atoms with Gasteiger partial charge in [0.25, 0.3) is 5.91 Å². The minimum atomic E-state index is -0.168. The average Bonchev–Trinajstić information content (AvgIpc) is 2.63. The van der Waals surface area contributed by atoms with Crippen molar-refractivity contribution in [3.63, 3.8) is 0 Å². The van der Waals surface area contributed by atoms with Gasteiger partial charge in [-0.2, -0.15) is 0 Å². The molecule has 1 N–H and O–H groups in total. The van der Waals surface area contributed by atoms with E-state index in [1.54, 1.807) is 23.3 Å². The molecule has 0 unspecified atom stereocenters.